The SMILES string of the molecule is CC(C)c1c(C(=O)N(C)C2CC2)nn(-c2ccc(F)cc2)c1C=C[C@H](O)C[C@@H](O)CC(=O)O.[H-].[Na+]. The van der Waals surface area contributed by atoms with E-state index in [4.69, 9.17) is 5.11 Å². The third-order valence-electron chi connectivity index (χ3n) is 5.63. The standard InChI is InChI=1S/C24H30FN3O5.Na.H/c1-14(2)22-20(11-10-18(29)12-19(30)13-21(31)32)28(17-6-4-15(25)5-7-17)26-23(22)24(33)27(3)16-8-9-16;;/h4-7,10-11,14,16,18-19,29-30H,8-9,12-13H2,1-3H3,(H,31,32);;/q;+1;-1/t18-,19+;;/m0../s1. The molecule has 0 spiro atoms. The Balaban J connectivity index is 0.00000306. The van der Waals surface area contributed by atoms with Gasteiger partial charge >= 0.3 is 35.5 Å². The first kappa shape index (κ1) is 28.2. The van der Waals surface area contributed by atoms with Crippen LogP contribution in [0.15, 0.2) is 30.3 Å². The molecule has 0 bridgehead atoms. The van der Waals surface area contributed by atoms with E-state index in [9.17, 15) is 24.2 Å². The van der Waals surface area contributed by atoms with Crippen LogP contribution in [0.25, 0.3) is 11.8 Å². The van der Waals surface area contributed by atoms with E-state index >= 15 is 0 Å². The van der Waals surface area contributed by atoms with Gasteiger partial charge < -0.3 is 21.6 Å². The minimum Gasteiger partial charge on any atom is -1.00 e. The number of aliphatic carboxylic acids is 1. The van der Waals surface area contributed by atoms with Crippen molar-refractivity contribution in [2.75, 3.05) is 7.05 Å². The van der Waals surface area contributed by atoms with Crippen molar-refractivity contribution in [2.45, 2.75) is 63.7 Å². The second kappa shape index (κ2) is 12.1. The molecular formula is C24H31FN3NaO5. The molecule has 1 aliphatic rings. The molecule has 1 aliphatic carbocycles. The topological polar surface area (TPSA) is 116 Å². The molecule has 2 aromatic rings. The number of halogens is 1. The number of amides is 1. The van der Waals surface area contributed by atoms with Crippen LogP contribution in [0.1, 0.15) is 68.6 Å². The van der Waals surface area contributed by atoms with Crippen molar-refractivity contribution < 1.29 is 60.3 Å². The molecule has 3 rings (SSSR count). The zero-order valence-electron chi connectivity index (χ0n) is 21.0. The Morgan fingerprint density at radius 1 is 1.26 bits per heavy atom. The minimum absolute atomic E-state index is 0. The van der Waals surface area contributed by atoms with Crippen LogP contribution in [0.3, 0.4) is 0 Å². The van der Waals surface area contributed by atoms with Gasteiger partial charge in [-0.1, -0.05) is 19.9 Å². The predicted octanol–water partition coefficient (Wildman–Crippen LogP) is 0.0855. The van der Waals surface area contributed by atoms with Crippen LogP contribution in [0.4, 0.5) is 4.39 Å². The number of hydrogen-bond acceptors (Lipinski definition) is 5. The third kappa shape index (κ3) is 6.99. The van der Waals surface area contributed by atoms with E-state index < -0.39 is 30.4 Å². The first-order valence-corrected chi connectivity index (χ1v) is 11.0. The van der Waals surface area contributed by atoms with Crippen LogP contribution in [0.2, 0.25) is 0 Å². The smallest absolute Gasteiger partial charge is 1.00 e. The maximum Gasteiger partial charge on any atom is 1.00 e. The van der Waals surface area contributed by atoms with Crippen molar-refractivity contribution in [1.29, 1.82) is 0 Å². The van der Waals surface area contributed by atoms with Gasteiger partial charge in [-0.25, -0.2) is 9.07 Å². The maximum atomic E-state index is 13.5. The average Bonchev–Trinajstić information content (AvgIpc) is 3.51. The third-order valence-corrected chi connectivity index (χ3v) is 5.63. The molecule has 180 valence electrons. The van der Waals surface area contributed by atoms with Gasteiger partial charge in [0.2, 0.25) is 0 Å². The number of hydrogen-bond donors (Lipinski definition) is 3. The Kier molecular flexibility index (Phi) is 10.0. The summed E-state index contributed by atoms with van der Waals surface area (Å²) < 4.78 is 15.0. The molecule has 2 atom stereocenters. The fourth-order valence-corrected chi connectivity index (χ4v) is 3.75. The second-order valence-electron chi connectivity index (χ2n) is 8.75. The van der Waals surface area contributed by atoms with E-state index in [0.717, 1.165) is 12.8 Å². The van der Waals surface area contributed by atoms with Gasteiger partial charge in [0.25, 0.3) is 5.91 Å². The normalized spacial score (nSPS) is 15.3. The molecule has 0 unspecified atom stereocenters. The number of aromatic nitrogens is 2. The minimum atomic E-state index is -1.20. The Morgan fingerprint density at radius 3 is 2.41 bits per heavy atom. The molecule has 0 saturated heterocycles. The number of aliphatic hydroxyl groups excluding tert-OH is 2. The van der Waals surface area contributed by atoms with Crippen LogP contribution in [-0.2, 0) is 4.79 Å². The largest absolute Gasteiger partial charge is 1.00 e. The number of carbonyl (C=O) groups excluding carboxylic acids is 1. The predicted molar refractivity (Wildman–Crippen MR) is 122 cm³/mol. The summed E-state index contributed by atoms with van der Waals surface area (Å²) in [5, 5.41) is 33.5. The van der Waals surface area contributed by atoms with Crippen LogP contribution in [0, 0.1) is 5.82 Å². The summed E-state index contributed by atoms with van der Waals surface area (Å²) in [4.78, 5) is 25.7. The number of aliphatic hydroxyl groups is 2. The van der Waals surface area contributed by atoms with Gasteiger partial charge in [-0.2, -0.15) is 5.10 Å². The zero-order chi connectivity index (χ0) is 24.3. The Hall–Kier alpha value is -2.04. The van der Waals surface area contributed by atoms with Crippen molar-refractivity contribution in [1.82, 2.24) is 14.7 Å². The van der Waals surface area contributed by atoms with Gasteiger partial charge in [-0.15, -0.1) is 0 Å². The molecule has 1 amide bonds. The van der Waals surface area contributed by atoms with Gasteiger partial charge in [-0.3, -0.25) is 9.59 Å². The first-order valence-electron chi connectivity index (χ1n) is 11.0. The Labute approximate surface area is 221 Å². The second-order valence-corrected chi connectivity index (χ2v) is 8.75. The first-order chi connectivity index (χ1) is 15.6. The Morgan fingerprint density at radius 2 is 1.88 bits per heavy atom. The number of nitrogens with zero attached hydrogens (tertiary/aromatic N) is 3. The molecule has 10 heteroatoms. The fraction of sp³-hybridized carbons (Fsp3) is 0.458. The molecule has 1 fully saturated rings. The van der Waals surface area contributed by atoms with E-state index in [0.29, 0.717) is 22.6 Å². The molecule has 1 aromatic heterocycles. The van der Waals surface area contributed by atoms with E-state index in [-0.39, 0.29) is 55.3 Å². The Bertz CT molecular complexity index is 1040. The molecule has 8 nitrogen and oxygen atoms in total. The van der Waals surface area contributed by atoms with Crippen LogP contribution in [0.5, 0.6) is 0 Å². The quantitative estimate of drug-likeness (QED) is 0.413. The molecular weight excluding hydrogens is 452 g/mol. The summed E-state index contributed by atoms with van der Waals surface area (Å²) in [7, 11) is 1.75. The van der Waals surface area contributed by atoms with E-state index in [1.165, 1.54) is 18.2 Å². The maximum absolute atomic E-state index is 13.5. The number of rotatable bonds is 10. The molecule has 0 aliphatic heterocycles. The van der Waals surface area contributed by atoms with Gasteiger partial charge in [0, 0.05) is 25.1 Å². The van der Waals surface area contributed by atoms with Crippen molar-refractivity contribution >= 4 is 18.0 Å². The zero-order valence-corrected chi connectivity index (χ0v) is 22.0. The summed E-state index contributed by atoms with van der Waals surface area (Å²) in [5.74, 6) is -1.84. The number of benzene rings is 1. The van der Waals surface area contributed by atoms with E-state index in [1.807, 2.05) is 13.8 Å². The number of carbonyl (C=O) groups is 2. The van der Waals surface area contributed by atoms with Gasteiger partial charge in [-0.05, 0) is 49.1 Å². The van der Waals surface area contributed by atoms with E-state index in [2.05, 4.69) is 5.10 Å². The molecule has 1 aromatic carbocycles. The number of carboxylic acid groups (broad SMARTS) is 1. The van der Waals surface area contributed by atoms with Crippen molar-refractivity contribution in [3.63, 3.8) is 0 Å². The van der Waals surface area contributed by atoms with Gasteiger partial charge in [0.1, 0.15) is 5.82 Å². The summed E-state index contributed by atoms with van der Waals surface area (Å²) in [6.07, 6.45) is 2.03. The summed E-state index contributed by atoms with van der Waals surface area (Å²) in [5.41, 5.74) is 2.08. The average molecular weight is 484 g/mol. The van der Waals surface area contributed by atoms with Gasteiger partial charge in [0.15, 0.2) is 5.69 Å². The van der Waals surface area contributed by atoms with Crippen molar-refractivity contribution in [2.24, 2.45) is 0 Å². The van der Waals surface area contributed by atoms with Crippen molar-refractivity contribution in [3.8, 4) is 5.69 Å². The fourth-order valence-electron chi connectivity index (χ4n) is 3.75. The molecule has 34 heavy (non-hydrogen) atoms. The van der Waals surface area contributed by atoms with Crippen LogP contribution >= 0.6 is 0 Å². The monoisotopic (exact) mass is 483 g/mol. The number of carboxylic acids is 1. The van der Waals surface area contributed by atoms with Crippen molar-refractivity contribution in [3.05, 3.63) is 53.1 Å². The molecule has 1 heterocycles. The molecule has 3 N–H and O–H groups in total. The van der Waals surface area contributed by atoms with Crippen LogP contribution in [-0.4, -0.2) is 67.2 Å². The summed E-state index contributed by atoms with van der Waals surface area (Å²) in [6.45, 7) is 3.87. The van der Waals surface area contributed by atoms with Gasteiger partial charge in [0.05, 0.1) is 30.0 Å². The molecule has 1 saturated carbocycles. The summed E-state index contributed by atoms with van der Waals surface area (Å²) in [6, 6.07) is 5.90. The summed E-state index contributed by atoms with van der Waals surface area (Å²) >= 11 is 0. The van der Waals surface area contributed by atoms with E-state index in [1.54, 1.807) is 34.8 Å². The van der Waals surface area contributed by atoms with Crippen LogP contribution < -0.4 is 29.6 Å². The molecule has 0 radical (unpaired) electrons.